The van der Waals surface area contributed by atoms with Gasteiger partial charge in [0.15, 0.2) is 0 Å². The predicted molar refractivity (Wildman–Crippen MR) is 88.5 cm³/mol. The molecule has 2 rings (SSSR count). The van der Waals surface area contributed by atoms with E-state index in [9.17, 15) is 9.59 Å². The Morgan fingerprint density at radius 1 is 1.39 bits per heavy atom. The SMILES string of the molecule is Cc1c(C(=O)N2CCC[C@H](NC(=O)N(C)C)C2)cnn1C(C)C. The van der Waals surface area contributed by atoms with Crippen LogP contribution in [0.3, 0.4) is 0 Å². The summed E-state index contributed by atoms with van der Waals surface area (Å²) in [6.07, 6.45) is 3.44. The van der Waals surface area contributed by atoms with Crippen LogP contribution >= 0.6 is 0 Å². The van der Waals surface area contributed by atoms with E-state index in [1.807, 2.05) is 30.4 Å². The van der Waals surface area contributed by atoms with Crippen LogP contribution in [0.4, 0.5) is 4.79 Å². The topological polar surface area (TPSA) is 70.5 Å². The van der Waals surface area contributed by atoms with Gasteiger partial charge in [0.1, 0.15) is 0 Å². The third-order valence-corrected chi connectivity index (χ3v) is 4.21. The van der Waals surface area contributed by atoms with Crippen molar-refractivity contribution < 1.29 is 9.59 Å². The van der Waals surface area contributed by atoms with Gasteiger partial charge in [0.2, 0.25) is 0 Å². The number of carbonyl (C=O) groups excluding carboxylic acids is 2. The van der Waals surface area contributed by atoms with E-state index in [1.165, 1.54) is 4.90 Å². The monoisotopic (exact) mass is 321 g/mol. The summed E-state index contributed by atoms with van der Waals surface area (Å²) in [5.74, 6) is -0.00166. The largest absolute Gasteiger partial charge is 0.336 e. The number of rotatable bonds is 3. The van der Waals surface area contributed by atoms with Gasteiger partial charge in [-0.3, -0.25) is 9.48 Å². The zero-order valence-corrected chi connectivity index (χ0v) is 14.7. The van der Waals surface area contributed by atoms with Crippen molar-refractivity contribution in [3.05, 3.63) is 17.5 Å². The minimum absolute atomic E-state index is 0.00166. The van der Waals surface area contributed by atoms with Crippen LogP contribution in [0.5, 0.6) is 0 Å². The fourth-order valence-electron chi connectivity index (χ4n) is 2.91. The van der Waals surface area contributed by atoms with Gasteiger partial charge in [-0.05, 0) is 33.6 Å². The number of piperidine rings is 1. The zero-order valence-electron chi connectivity index (χ0n) is 14.7. The molecule has 0 unspecified atom stereocenters. The standard InChI is InChI=1S/C16H27N5O2/c1-11(2)21-12(3)14(9-17-21)15(22)20-8-6-7-13(10-20)18-16(23)19(4)5/h9,11,13H,6-8,10H2,1-5H3,(H,18,23)/t13-/m0/s1. The van der Waals surface area contributed by atoms with Gasteiger partial charge in [0.25, 0.3) is 5.91 Å². The van der Waals surface area contributed by atoms with Crippen molar-refractivity contribution in [2.75, 3.05) is 27.2 Å². The first kappa shape index (κ1) is 17.3. The van der Waals surface area contributed by atoms with Crippen LogP contribution in [0.1, 0.15) is 48.8 Å². The molecular formula is C16H27N5O2. The smallest absolute Gasteiger partial charge is 0.317 e. The Morgan fingerprint density at radius 2 is 2.09 bits per heavy atom. The summed E-state index contributed by atoms with van der Waals surface area (Å²) in [4.78, 5) is 27.9. The Hall–Kier alpha value is -2.05. The minimum atomic E-state index is -0.117. The van der Waals surface area contributed by atoms with Crippen molar-refractivity contribution >= 4 is 11.9 Å². The summed E-state index contributed by atoms with van der Waals surface area (Å²) < 4.78 is 1.86. The van der Waals surface area contributed by atoms with Gasteiger partial charge in [-0.1, -0.05) is 0 Å². The molecule has 2 heterocycles. The highest BCUT2D eigenvalue weighted by molar-refractivity contribution is 5.95. The molecule has 0 aliphatic carbocycles. The van der Waals surface area contributed by atoms with E-state index in [0.29, 0.717) is 12.1 Å². The molecule has 1 aromatic rings. The van der Waals surface area contributed by atoms with Crippen molar-refractivity contribution in [3.63, 3.8) is 0 Å². The van der Waals surface area contributed by atoms with E-state index in [-0.39, 0.29) is 24.0 Å². The van der Waals surface area contributed by atoms with Gasteiger partial charge in [0.05, 0.1) is 11.8 Å². The molecule has 7 heteroatoms. The number of carbonyl (C=O) groups is 2. The lowest BCUT2D eigenvalue weighted by atomic mass is 10.0. The van der Waals surface area contributed by atoms with Gasteiger partial charge < -0.3 is 15.1 Å². The molecule has 1 aliphatic heterocycles. The number of hydrogen-bond acceptors (Lipinski definition) is 3. The highest BCUT2D eigenvalue weighted by Crippen LogP contribution is 2.18. The lowest BCUT2D eigenvalue weighted by molar-refractivity contribution is 0.0694. The van der Waals surface area contributed by atoms with Crippen LogP contribution < -0.4 is 5.32 Å². The molecule has 128 valence electrons. The molecule has 7 nitrogen and oxygen atoms in total. The van der Waals surface area contributed by atoms with Gasteiger partial charge in [-0.15, -0.1) is 0 Å². The first-order valence-corrected chi connectivity index (χ1v) is 8.12. The Bertz CT molecular complexity index is 579. The highest BCUT2D eigenvalue weighted by Gasteiger charge is 2.28. The molecule has 0 saturated carbocycles. The average molecular weight is 321 g/mol. The van der Waals surface area contributed by atoms with E-state index >= 15 is 0 Å². The molecule has 23 heavy (non-hydrogen) atoms. The van der Waals surface area contributed by atoms with Crippen molar-refractivity contribution in [1.82, 2.24) is 24.9 Å². The summed E-state index contributed by atoms with van der Waals surface area (Å²) in [6, 6.07) is 0.112. The van der Waals surface area contributed by atoms with E-state index in [2.05, 4.69) is 10.4 Å². The van der Waals surface area contributed by atoms with E-state index in [1.54, 1.807) is 20.3 Å². The molecule has 1 N–H and O–H groups in total. The molecule has 1 aromatic heterocycles. The van der Waals surface area contributed by atoms with Crippen LogP contribution in [-0.4, -0.2) is 64.7 Å². The summed E-state index contributed by atoms with van der Waals surface area (Å²) in [5, 5.41) is 7.28. The molecule has 0 spiro atoms. The van der Waals surface area contributed by atoms with Crippen LogP contribution in [-0.2, 0) is 0 Å². The molecule has 1 saturated heterocycles. The minimum Gasteiger partial charge on any atom is -0.336 e. The number of aromatic nitrogens is 2. The molecule has 0 aromatic carbocycles. The number of hydrogen-bond donors (Lipinski definition) is 1. The first-order valence-electron chi connectivity index (χ1n) is 8.12. The Morgan fingerprint density at radius 3 is 2.65 bits per heavy atom. The lowest BCUT2D eigenvalue weighted by Gasteiger charge is -2.33. The van der Waals surface area contributed by atoms with Crippen LogP contribution in [0.25, 0.3) is 0 Å². The van der Waals surface area contributed by atoms with Crippen molar-refractivity contribution in [1.29, 1.82) is 0 Å². The van der Waals surface area contributed by atoms with Gasteiger partial charge in [-0.2, -0.15) is 5.10 Å². The second kappa shape index (κ2) is 7.02. The van der Waals surface area contributed by atoms with E-state index in [4.69, 9.17) is 0 Å². The molecule has 0 radical (unpaired) electrons. The second-order valence-electron chi connectivity index (χ2n) is 6.62. The molecule has 1 atom stereocenters. The number of amides is 3. The Kier molecular flexibility index (Phi) is 5.28. The molecule has 0 bridgehead atoms. The normalized spacial score (nSPS) is 18.2. The quantitative estimate of drug-likeness (QED) is 0.920. The third-order valence-electron chi connectivity index (χ3n) is 4.21. The molecular weight excluding hydrogens is 294 g/mol. The lowest BCUT2D eigenvalue weighted by Crippen LogP contribution is -2.51. The third kappa shape index (κ3) is 3.83. The zero-order chi connectivity index (χ0) is 17.1. The fraction of sp³-hybridized carbons (Fsp3) is 0.688. The van der Waals surface area contributed by atoms with Crippen molar-refractivity contribution in [3.8, 4) is 0 Å². The number of nitrogens with one attached hydrogen (secondary N) is 1. The first-order chi connectivity index (χ1) is 10.8. The maximum Gasteiger partial charge on any atom is 0.317 e. The van der Waals surface area contributed by atoms with Crippen LogP contribution in [0, 0.1) is 6.92 Å². The summed E-state index contributed by atoms with van der Waals surface area (Å²) in [5.41, 5.74) is 1.54. The maximum atomic E-state index is 12.8. The number of urea groups is 1. The Balaban J connectivity index is 2.06. The van der Waals surface area contributed by atoms with Crippen molar-refractivity contribution in [2.24, 2.45) is 0 Å². The van der Waals surface area contributed by atoms with E-state index in [0.717, 1.165) is 25.1 Å². The van der Waals surface area contributed by atoms with Gasteiger partial charge in [0, 0.05) is 45.0 Å². The highest BCUT2D eigenvalue weighted by atomic mass is 16.2. The Labute approximate surface area is 137 Å². The fourth-order valence-corrected chi connectivity index (χ4v) is 2.91. The van der Waals surface area contributed by atoms with Crippen LogP contribution in [0.15, 0.2) is 6.20 Å². The van der Waals surface area contributed by atoms with Gasteiger partial charge in [-0.25, -0.2) is 4.79 Å². The number of nitrogens with zero attached hydrogens (tertiary/aromatic N) is 4. The molecule has 1 fully saturated rings. The summed E-state index contributed by atoms with van der Waals surface area (Å²) in [7, 11) is 3.43. The van der Waals surface area contributed by atoms with Gasteiger partial charge >= 0.3 is 6.03 Å². The van der Waals surface area contributed by atoms with Crippen molar-refractivity contribution in [2.45, 2.75) is 45.7 Å². The van der Waals surface area contributed by atoms with Crippen LogP contribution in [0.2, 0.25) is 0 Å². The molecule has 1 aliphatic rings. The number of likely N-dealkylation sites (tertiary alicyclic amines) is 1. The summed E-state index contributed by atoms with van der Waals surface area (Å²) in [6.45, 7) is 7.28. The van der Waals surface area contributed by atoms with E-state index < -0.39 is 0 Å². The summed E-state index contributed by atoms with van der Waals surface area (Å²) >= 11 is 0. The molecule has 3 amide bonds. The maximum absolute atomic E-state index is 12.8. The predicted octanol–water partition coefficient (Wildman–Crippen LogP) is 1.65. The average Bonchev–Trinajstić information content (AvgIpc) is 2.88. The second-order valence-corrected chi connectivity index (χ2v) is 6.62.